The molecule has 0 spiro atoms. The number of hydrogen-bond donors (Lipinski definition) is 7. The van der Waals surface area contributed by atoms with Crippen molar-refractivity contribution in [1.29, 1.82) is 0 Å². The number of hydrogen-bond acceptors (Lipinski definition) is 10. The fourth-order valence-electron chi connectivity index (χ4n) is 18.9. The number of unbranched alkanes of at least 4 members (excludes halogenated alkanes) is 77. The van der Waals surface area contributed by atoms with Gasteiger partial charge in [-0.05, 0) is 97.1 Å². The standard InChI is InChI=1S/C65H133N5O3.C51H105N3O2/c1-5-9-13-17-21-25-29-31-35-39-43-47-56-69(60-52-65(73)68-54-46-42-38-34-28-24-20-16-12-8-4)57-49-50-59-70(58-48-44-40-36-32-30-26-22-18-14-10-6-2)62-63(71)61-66-55-51-64(72)67-53-45-41-37-33-27-23-19-15-11-7-3;1-4-7-10-13-16-19-22-24-25-26-27-28-30-33-36-39-42-47-54(46-41-38-35-32-29-23-20-17-14-11-8-5-2)49-50(55)48-52-45-43-51(56)53-44-40-37-34-31-21-18-15-12-9-6-3/h63,66,71H,5-62H2,1-4H3,(H,67,72)(H,68,73);50,52,55H,4-49H2,1-3H3,(H,53,56). The van der Waals surface area contributed by atoms with E-state index >= 15 is 0 Å². The first-order chi connectivity index (χ1) is 63.6. The molecule has 0 aromatic rings. The monoisotopic (exact) mass is 1820 g/mol. The van der Waals surface area contributed by atoms with Gasteiger partial charge in [-0.2, -0.15) is 0 Å². The highest BCUT2D eigenvalue weighted by Gasteiger charge is 2.17. The number of amides is 3. The summed E-state index contributed by atoms with van der Waals surface area (Å²) >= 11 is 0. The molecule has 0 fully saturated rings. The maximum atomic E-state index is 13.0. The van der Waals surface area contributed by atoms with Crippen molar-refractivity contribution in [3.8, 4) is 0 Å². The smallest absolute Gasteiger partial charge is 0.221 e. The van der Waals surface area contributed by atoms with Gasteiger partial charge in [0.05, 0.1) is 12.2 Å². The molecule has 0 radical (unpaired) electrons. The summed E-state index contributed by atoms with van der Waals surface area (Å²) in [5, 5.41) is 38.4. The van der Waals surface area contributed by atoms with Crippen LogP contribution in [0.5, 0.6) is 0 Å². The average molecular weight is 1830 g/mol. The number of rotatable bonds is 112. The van der Waals surface area contributed by atoms with E-state index in [2.05, 4.69) is 89.7 Å². The quantitative estimate of drug-likeness (QED) is 0.0292. The maximum absolute atomic E-state index is 13.0. The van der Waals surface area contributed by atoms with E-state index in [0.717, 1.165) is 104 Å². The van der Waals surface area contributed by atoms with Gasteiger partial charge in [-0.15, -0.1) is 0 Å². The third kappa shape index (κ3) is 111. The van der Waals surface area contributed by atoms with Crippen molar-refractivity contribution in [2.75, 3.05) is 105 Å². The van der Waals surface area contributed by atoms with E-state index in [-0.39, 0.29) is 23.8 Å². The third-order valence-corrected chi connectivity index (χ3v) is 27.7. The Labute approximate surface area is 809 Å². The van der Waals surface area contributed by atoms with Crippen LogP contribution in [-0.2, 0) is 14.4 Å². The topological polar surface area (TPSA) is 162 Å². The van der Waals surface area contributed by atoms with Crippen LogP contribution in [0.15, 0.2) is 0 Å². The van der Waals surface area contributed by atoms with Crippen LogP contribution < -0.4 is 26.6 Å². The average Bonchev–Trinajstić information content (AvgIpc) is 0.962. The van der Waals surface area contributed by atoms with E-state index in [1.54, 1.807) is 0 Å². The molecule has 772 valence electrons. The van der Waals surface area contributed by atoms with Gasteiger partial charge in [0, 0.05) is 84.7 Å². The van der Waals surface area contributed by atoms with Crippen LogP contribution in [0.1, 0.15) is 613 Å². The van der Waals surface area contributed by atoms with Crippen LogP contribution in [0.4, 0.5) is 0 Å². The summed E-state index contributed by atoms with van der Waals surface area (Å²) in [7, 11) is 0. The number of aliphatic hydroxyl groups excluding tert-OH is 2. The summed E-state index contributed by atoms with van der Waals surface area (Å²) in [6.07, 6.45) is 115. The van der Waals surface area contributed by atoms with Gasteiger partial charge < -0.3 is 51.5 Å². The molecule has 7 N–H and O–H groups in total. The van der Waals surface area contributed by atoms with Crippen molar-refractivity contribution >= 4 is 17.7 Å². The lowest BCUT2D eigenvalue weighted by Crippen LogP contribution is -2.40. The largest absolute Gasteiger partial charge is 0.390 e. The fraction of sp³-hybridized carbons (Fsp3) is 0.974. The van der Waals surface area contributed by atoms with E-state index in [1.807, 2.05) is 0 Å². The molecule has 13 nitrogen and oxygen atoms in total. The van der Waals surface area contributed by atoms with Crippen molar-refractivity contribution in [3.05, 3.63) is 0 Å². The Balaban J connectivity index is 0. The zero-order chi connectivity index (χ0) is 93.7. The summed E-state index contributed by atoms with van der Waals surface area (Å²) < 4.78 is 0. The second-order valence-electron chi connectivity index (χ2n) is 41.0. The zero-order valence-electron chi connectivity index (χ0n) is 89.2. The molecule has 0 rings (SSSR count). The second-order valence-corrected chi connectivity index (χ2v) is 41.0. The molecule has 2 unspecified atom stereocenters. The molecule has 0 aromatic carbocycles. The molecule has 0 heterocycles. The first-order valence-corrected chi connectivity index (χ1v) is 59.3. The van der Waals surface area contributed by atoms with Gasteiger partial charge in [-0.3, -0.25) is 14.4 Å². The van der Waals surface area contributed by atoms with Crippen LogP contribution in [0.2, 0.25) is 0 Å². The molecule has 0 aliphatic carbocycles. The van der Waals surface area contributed by atoms with Gasteiger partial charge >= 0.3 is 0 Å². The maximum Gasteiger partial charge on any atom is 0.221 e. The first kappa shape index (κ1) is 129. The third-order valence-electron chi connectivity index (χ3n) is 27.7. The fourth-order valence-corrected chi connectivity index (χ4v) is 18.9. The summed E-state index contributed by atoms with van der Waals surface area (Å²) in [5.74, 6) is 0.469. The summed E-state index contributed by atoms with van der Waals surface area (Å²) in [5.41, 5.74) is 0. The molecule has 129 heavy (non-hydrogen) atoms. The van der Waals surface area contributed by atoms with E-state index in [0.29, 0.717) is 52.0 Å². The lowest BCUT2D eigenvalue weighted by atomic mass is 10.0. The van der Waals surface area contributed by atoms with E-state index in [9.17, 15) is 24.6 Å². The van der Waals surface area contributed by atoms with Crippen molar-refractivity contribution in [1.82, 2.24) is 41.3 Å². The highest BCUT2D eigenvalue weighted by molar-refractivity contribution is 5.76. The zero-order valence-corrected chi connectivity index (χ0v) is 89.2. The van der Waals surface area contributed by atoms with Crippen molar-refractivity contribution in [2.45, 2.75) is 626 Å². The van der Waals surface area contributed by atoms with Crippen molar-refractivity contribution < 1.29 is 24.6 Å². The lowest BCUT2D eigenvalue weighted by molar-refractivity contribution is -0.122. The lowest BCUT2D eigenvalue weighted by Gasteiger charge is -2.26. The van der Waals surface area contributed by atoms with Crippen molar-refractivity contribution in [3.63, 3.8) is 0 Å². The van der Waals surface area contributed by atoms with Gasteiger partial charge in [0.1, 0.15) is 0 Å². The summed E-state index contributed by atoms with van der Waals surface area (Å²) in [6.45, 7) is 29.4. The van der Waals surface area contributed by atoms with Gasteiger partial charge in [-0.1, -0.05) is 536 Å². The van der Waals surface area contributed by atoms with Gasteiger partial charge in [-0.25, -0.2) is 0 Å². The Morgan fingerprint density at radius 2 is 0.326 bits per heavy atom. The summed E-state index contributed by atoms with van der Waals surface area (Å²) in [4.78, 5) is 45.5. The molecule has 2 atom stereocenters. The number of aliphatic hydroxyl groups is 2. The van der Waals surface area contributed by atoms with Gasteiger partial charge in [0.2, 0.25) is 17.7 Å². The summed E-state index contributed by atoms with van der Waals surface area (Å²) in [6, 6.07) is 0. The number of nitrogens with one attached hydrogen (secondary N) is 5. The molecule has 0 aromatic heterocycles. The minimum Gasteiger partial charge on any atom is -0.390 e. The Morgan fingerprint density at radius 3 is 0.512 bits per heavy atom. The predicted molar refractivity (Wildman–Crippen MR) is 572 cm³/mol. The number of carbonyl (C=O) groups excluding carboxylic acids is 3. The minimum atomic E-state index is -0.451. The molecule has 3 amide bonds. The van der Waals surface area contributed by atoms with Crippen LogP contribution >= 0.6 is 0 Å². The highest BCUT2D eigenvalue weighted by atomic mass is 16.3. The molecule has 0 saturated carbocycles. The van der Waals surface area contributed by atoms with Crippen LogP contribution in [0, 0.1) is 0 Å². The Kier molecular flexibility index (Phi) is 115. The molecule has 0 bridgehead atoms. The van der Waals surface area contributed by atoms with Crippen LogP contribution in [0.25, 0.3) is 0 Å². The Morgan fingerprint density at radius 1 is 0.178 bits per heavy atom. The Hall–Kier alpha value is -1.87. The highest BCUT2D eigenvalue weighted by Crippen LogP contribution is 2.21. The first-order valence-electron chi connectivity index (χ1n) is 59.3. The molecule has 0 aliphatic heterocycles. The van der Waals surface area contributed by atoms with Crippen molar-refractivity contribution in [2.24, 2.45) is 0 Å². The normalized spacial score (nSPS) is 12.2. The van der Waals surface area contributed by atoms with E-state index in [4.69, 9.17) is 0 Å². The number of carbonyl (C=O) groups is 3. The number of nitrogens with zero attached hydrogens (tertiary/aromatic N) is 3. The van der Waals surface area contributed by atoms with E-state index < -0.39 is 6.10 Å². The molecule has 0 saturated heterocycles. The van der Waals surface area contributed by atoms with Crippen LogP contribution in [-0.4, -0.2) is 160 Å². The second kappa shape index (κ2) is 115. The van der Waals surface area contributed by atoms with Gasteiger partial charge in [0.25, 0.3) is 0 Å². The molecular weight excluding hydrogens is 1590 g/mol. The molecule has 0 aliphatic rings. The van der Waals surface area contributed by atoms with Gasteiger partial charge in [0.15, 0.2) is 0 Å². The SMILES string of the molecule is CCCCCCCCCCCCCCCCCCCN(CCCCCCCCCCCCCC)CC(O)CNCCC(=O)NCCCCCCCCCCCC.CCCCCCCCCCCCCCN(CCCCN(CCCCCCCCCCCCCC)CC(O)CNCCC(=O)NCCCCCCCCCCCC)CCC(=O)NCCCCCCCCCCCC. The Bertz CT molecular complexity index is 2090. The van der Waals surface area contributed by atoms with E-state index in [1.165, 1.54) is 514 Å². The predicted octanol–water partition coefficient (Wildman–Crippen LogP) is 32.6. The molecule has 13 heteroatoms. The molecular formula is C116H238N8O5. The minimum absolute atomic E-state index is 0.115. The van der Waals surface area contributed by atoms with Crippen LogP contribution in [0.3, 0.4) is 0 Å².